The standard InChI is InChI=1S/C17H19N3O3S/c1-3-16(22)20-17-19-14(9-24-17)11-4-5-15-12(8-11)13(6-7-23-15)18-10(2)21/h4-5,8-9,13H,3,6-7H2,1-2H3,(H,18,21)(H,19,20,22). The van der Waals surface area contributed by atoms with E-state index in [1.54, 1.807) is 6.92 Å². The van der Waals surface area contributed by atoms with Gasteiger partial charge in [-0.3, -0.25) is 9.59 Å². The van der Waals surface area contributed by atoms with Crippen LogP contribution in [0.25, 0.3) is 11.3 Å². The minimum atomic E-state index is -0.0588. The fraction of sp³-hybridized carbons (Fsp3) is 0.353. The highest BCUT2D eigenvalue weighted by molar-refractivity contribution is 7.14. The van der Waals surface area contributed by atoms with E-state index >= 15 is 0 Å². The zero-order chi connectivity index (χ0) is 17.1. The van der Waals surface area contributed by atoms with Crippen molar-refractivity contribution in [3.8, 4) is 17.0 Å². The number of carbonyl (C=O) groups is 2. The first-order valence-corrected chi connectivity index (χ1v) is 8.74. The van der Waals surface area contributed by atoms with Gasteiger partial charge < -0.3 is 15.4 Å². The van der Waals surface area contributed by atoms with Gasteiger partial charge in [0, 0.05) is 36.3 Å². The molecule has 0 fully saturated rings. The Morgan fingerprint density at radius 1 is 1.42 bits per heavy atom. The van der Waals surface area contributed by atoms with Crippen LogP contribution in [0.15, 0.2) is 23.6 Å². The van der Waals surface area contributed by atoms with Crippen LogP contribution in [0.1, 0.15) is 38.3 Å². The van der Waals surface area contributed by atoms with E-state index in [1.165, 1.54) is 18.3 Å². The lowest BCUT2D eigenvalue weighted by Crippen LogP contribution is -2.30. The second kappa shape index (κ2) is 7.00. The Kier molecular flexibility index (Phi) is 4.80. The van der Waals surface area contributed by atoms with Crippen molar-refractivity contribution in [1.82, 2.24) is 10.3 Å². The fourth-order valence-electron chi connectivity index (χ4n) is 2.62. The van der Waals surface area contributed by atoms with Gasteiger partial charge in [0.25, 0.3) is 0 Å². The number of benzene rings is 1. The molecule has 1 atom stereocenters. The Bertz CT molecular complexity index is 772. The molecule has 1 aromatic heterocycles. The van der Waals surface area contributed by atoms with E-state index in [9.17, 15) is 9.59 Å². The van der Waals surface area contributed by atoms with Gasteiger partial charge >= 0.3 is 0 Å². The van der Waals surface area contributed by atoms with Crippen molar-refractivity contribution in [3.05, 3.63) is 29.1 Å². The summed E-state index contributed by atoms with van der Waals surface area (Å²) in [6, 6.07) is 5.79. The highest BCUT2D eigenvalue weighted by atomic mass is 32.1. The second-order valence-electron chi connectivity index (χ2n) is 5.58. The molecule has 2 N–H and O–H groups in total. The van der Waals surface area contributed by atoms with Crippen LogP contribution in [0, 0.1) is 0 Å². The SMILES string of the molecule is CCC(=O)Nc1nc(-c2ccc3c(c2)C(NC(C)=O)CCO3)cs1. The van der Waals surface area contributed by atoms with E-state index in [-0.39, 0.29) is 17.9 Å². The second-order valence-corrected chi connectivity index (χ2v) is 6.44. The Hall–Kier alpha value is -2.41. The third-order valence-electron chi connectivity index (χ3n) is 3.79. The first-order chi connectivity index (χ1) is 11.6. The van der Waals surface area contributed by atoms with Gasteiger partial charge in [-0.15, -0.1) is 11.3 Å². The number of nitrogens with one attached hydrogen (secondary N) is 2. The average molecular weight is 345 g/mol. The average Bonchev–Trinajstić information content (AvgIpc) is 3.02. The Balaban J connectivity index is 1.87. The minimum Gasteiger partial charge on any atom is -0.493 e. The molecule has 7 heteroatoms. The topological polar surface area (TPSA) is 80.3 Å². The fourth-order valence-corrected chi connectivity index (χ4v) is 3.36. The van der Waals surface area contributed by atoms with Crippen molar-refractivity contribution in [1.29, 1.82) is 0 Å². The smallest absolute Gasteiger partial charge is 0.225 e. The predicted octanol–water partition coefficient (Wildman–Crippen LogP) is 3.12. The molecule has 6 nitrogen and oxygen atoms in total. The van der Waals surface area contributed by atoms with Crippen molar-refractivity contribution >= 4 is 28.3 Å². The highest BCUT2D eigenvalue weighted by Gasteiger charge is 2.23. The predicted molar refractivity (Wildman–Crippen MR) is 93.1 cm³/mol. The van der Waals surface area contributed by atoms with E-state index in [4.69, 9.17) is 4.74 Å². The first-order valence-electron chi connectivity index (χ1n) is 7.86. The molecular weight excluding hydrogens is 326 g/mol. The number of amides is 2. The van der Waals surface area contributed by atoms with Crippen molar-refractivity contribution < 1.29 is 14.3 Å². The van der Waals surface area contributed by atoms with Crippen LogP contribution < -0.4 is 15.4 Å². The number of hydrogen-bond acceptors (Lipinski definition) is 5. The molecule has 0 saturated heterocycles. The van der Waals surface area contributed by atoms with Crippen LogP contribution >= 0.6 is 11.3 Å². The maximum Gasteiger partial charge on any atom is 0.225 e. The first kappa shape index (κ1) is 16.4. The number of anilines is 1. The summed E-state index contributed by atoms with van der Waals surface area (Å²) in [5.74, 6) is 0.676. The summed E-state index contributed by atoms with van der Waals surface area (Å²) in [6.45, 7) is 3.90. The molecule has 0 saturated carbocycles. The van der Waals surface area contributed by atoms with Gasteiger partial charge in [-0.25, -0.2) is 4.98 Å². The lowest BCUT2D eigenvalue weighted by Gasteiger charge is -2.26. The number of carbonyl (C=O) groups excluding carboxylic acids is 2. The zero-order valence-electron chi connectivity index (χ0n) is 13.6. The van der Waals surface area contributed by atoms with Gasteiger partial charge in [0.15, 0.2) is 5.13 Å². The van der Waals surface area contributed by atoms with Crippen molar-refractivity contribution in [2.75, 3.05) is 11.9 Å². The van der Waals surface area contributed by atoms with Gasteiger partial charge in [-0.2, -0.15) is 0 Å². The molecule has 0 radical (unpaired) electrons. The Labute approximate surface area is 144 Å². The molecule has 2 heterocycles. The zero-order valence-corrected chi connectivity index (χ0v) is 14.4. The summed E-state index contributed by atoms with van der Waals surface area (Å²) in [6.07, 6.45) is 1.16. The quantitative estimate of drug-likeness (QED) is 0.892. The molecule has 3 rings (SSSR count). The number of hydrogen-bond donors (Lipinski definition) is 2. The number of nitrogens with zero attached hydrogens (tertiary/aromatic N) is 1. The molecule has 2 aromatic rings. The van der Waals surface area contributed by atoms with Crippen molar-refractivity contribution in [2.24, 2.45) is 0 Å². The Morgan fingerprint density at radius 3 is 3.00 bits per heavy atom. The van der Waals surface area contributed by atoms with Gasteiger partial charge in [0.1, 0.15) is 5.75 Å². The van der Waals surface area contributed by atoms with E-state index in [1.807, 2.05) is 23.6 Å². The summed E-state index contributed by atoms with van der Waals surface area (Å²) >= 11 is 1.39. The number of rotatable bonds is 4. The van der Waals surface area contributed by atoms with Gasteiger partial charge in [0.2, 0.25) is 11.8 Å². The summed E-state index contributed by atoms with van der Waals surface area (Å²) in [5.41, 5.74) is 2.69. The van der Waals surface area contributed by atoms with E-state index in [0.29, 0.717) is 18.2 Å². The minimum absolute atomic E-state index is 0.0518. The van der Waals surface area contributed by atoms with E-state index < -0.39 is 0 Å². The third kappa shape index (κ3) is 3.56. The molecule has 126 valence electrons. The molecule has 2 amide bonds. The lowest BCUT2D eigenvalue weighted by molar-refractivity contribution is -0.120. The number of ether oxygens (including phenoxy) is 1. The number of aromatic nitrogens is 1. The largest absolute Gasteiger partial charge is 0.493 e. The maximum absolute atomic E-state index is 11.5. The van der Waals surface area contributed by atoms with Gasteiger partial charge in [0.05, 0.1) is 18.3 Å². The molecular formula is C17H19N3O3S. The van der Waals surface area contributed by atoms with Crippen LogP contribution in [0.4, 0.5) is 5.13 Å². The lowest BCUT2D eigenvalue weighted by atomic mass is 9.97. The normalized spacial score (nSPS) is 16.0. The molecule has 0 aliphatic carbocycles. The van der Waals surface area contributed by atoms with Crippen LogP contribution in [0.2, 0.25) is 0 Å². The number of thiazole rings is 1. The summed E-state index contributed by atoms with van der Waals surface area (Å²) in [7, 11) is 0. The third-order valence-corrected chi connectivity index (χ3v) is 4.55. The summed E-state index contributed by atoms with van der Waals surface area (Å²) in [4.78, 5) is 27.3. The van der Waals surface area contributed by atoms with Crippen LogP contribution in [-0.4, -0.2) is 23.4 Å². The number of fused-ring (bicyclic) bond motifs is 1. The molecule has 0 bridgehead atoms. The van der Waals surface area contributed by atoms with Gasteiger partial charge in [-0.05, 0) is 18.2 Å². The van der Waals surface area contributed by atoms with Crippen molar-refractivity contribution in [2.45, 2.75) is 32.7 Å². The van der Waals surface area contributed by atoms with E-state index in [2.05, 4.69) is 15.6 Å². The molecule has 1 unspecified atom stereocenters. The van der Waals surface area contributed by atoms with Crippen LogP contribution in [-0.2, 0) is 9.59 Å². The monoisotopic (exact) mass is 345 g/mol. The highest BCUT2D eigenvalue weighted by Crippen LogP contribution is 2.36. The van der Waals surface area contributed by atoms with Crippen LogP contribution in [0.5, 0.6) is 5.75 Å². The summed E-state index contributed by atoms with van der Waals surface area (Å²) < 4.78 is 5.67. The van der Waals surface area contributed by atoms with E-state index in [0.717, 1.165) is 29.0 Å². The Morgan fingerprint density at radius 2 is 2.25 bits per heavy atom. The molecule has 24 heavy (non-hydrogen) atoms. The molecule has 0 spiro atoms. The maximum atomic E-state index is 11.5. The summed E-state index contributed by atoms with van der Waals surface area (Å²) in [5, 5.41) is 8.22. The van der Waals surface area contributed by atoms with Crippen molar-refractivity contribution in [3.63, 3.8) is 0 Å². The molecule has 1 aliphatic heterocycles. The van der Waals surface area contributed by atoms with Crippen LogP contribution in [0.3, 0.4) is 0 Å². The molecule has 1 aliphatic rings. The molecule has 1 aromatic carbocycles. The van der Waals surface area contributed by atoms with Gasteiger partial charge in [-0.1, -0.05) is 6.92 Å².